The highest BCUT2D eigenvalue weighted by atomic mass is 79.9. The lowest BCUT2D eigenvalue weighted by atomic mass is 10.3. The maximum absolute atomic E-state index is 12.8. The summed E-state index contributed by atoms with van der Waals surface area (Å²) in [6, 6.07) is 0.468. The summed E-state index contributed by atoms with van der Waals surface area (Å²) in [7, 11) is 0. The van der Waals surface area contributed by atoms with Crippen LogP contribution in [0.2, 0.25) is 0 Å². The second-order valence-corrected chi connectivity index (χ2v) is 3.01. The van der Waals surface area contributed by atoms with Crippen molar-refractivity contribution in [2.75, 3.05) is 0 Å². The van der Waals surface area contributed by atoms with E-state index >= 15 is 0 Å². The lowest BCUT2D eigenvalue weighted by Gasteiger charge is -1.99. The van der Waals surface area contributed by atoms with Gasteiger partial charge in [0.2, 0.25) is 5.69 Å². The number of rotatable bonds is 2. The minimum absolute atomic E-state index is 0.468. The lowest BCUT2D eigenvalue weighted by Crippen LogP contribution is -2.00. The molecule has 0 radical (unpaired) electrons. The molecule has 8 heteroatoms. The molecule has 0 aliphatic carbocycles. The minimum atomic E-state index is -3.07. The summed E-state index contributed by atoms with van der Waals surface area (Å²) in [5.41, 5.74) is -0.975. The maximum Gasteiger partial charge on any atom is 0.366 e. The molecule has 0 spiro atoms. The van der Waals surface area contributed by atoms with Crippen LogP contribution in [0.5, 0.6) is 0 Å². The van der Waals surface area contributed by atoms with Gasteiger partial charge < -0.3 is 10.1 Å². The third kappa shape index (κ3) is 2.00. The summed E-state index contributed by atoms with van der Waals surface area (Å²) in [5, 5.41) is 10.2. The standard InChI is InChI=1S/C6H2BrF3N2O2/c7-4-2(8)1-3(12(13)14)11-5(4)6(9)10/h1,6H. The van der Waals surface area contributed by atoms with E-state index in [0.717, 1.165) is 0 Å². The monoisotopic (exact) mass is 270 g/mol. The highest BCUT2D eigenvalue weighted by Crippen LogP contribution is 2.29. The molecule has 1 rings (SSSR count). The quantitative estimate of drug-likeness (QED) is 0.613. The van der Waals surface area contributed by atoms with Crippen molar-refractivity contribution in [2.45, 2.75) is 6.43 Å². The van der Waals surface area contributed by atoms with Gasteiger partial charge in [0.1, 0.15) is 10.3 Å². The van der Waals surface area contributed by atoms with E-state index in [9.17, 15) is 23.3 Å². The maximum atomic E-state index is 12.8. The molecule has 0 saturated heterocycles. The zero-order chi connectivity index (χ0) is 10.9. The largest absolute Gasteiger partial charge is 0.366 e. The van der Waals surface area contributed by atoms with Crippen LogP contribution < -0.4 is 0 Å². The average Bonchev–Trinajstić information content (AvgIpc) is 2.08. The molecule has 0 aliphatic heterocycles. The molecule has 1 aromatic rings. The first-order chi connectivity index (χ1) is 6.43. The Morgan fingerprint density at radius 1 is 1.57 bits per heavy atom. The predicted octanol–water partition coefficient (Wildman–Crippen LogP) is 2.83. The molecule has 0 saturated carbocycles. The van der Waals surface area contributed by atoms with Gasteiger partial charge in [0.15, 0.2) is 0 Å². The van der Waals surface area contributed by atoms with Crippen molar-refractivity contribution >= 4 is 21.7 Å². The van der Waals surface area contributed by atoms with Crippen LogP contribution in [0.1, 0.15) is 12.1 Å². The van der Waals surface area contributed by atoms with E-state index in [0.29, 0.717) is 6.07 Å². The van der Waals surface area contributed by atoms with Gasteiger partial charge in [0.25, 0.3) is 0 Å². The van der Waals surface area contributed by atoms with E-state index < -0.39 is 33.2 Å². The second kappa shape index (κ2) is 3.91. The molecule has 14 heavy (non-hydrogen) atoms. The van der Waals surface area contributed by atoms with E-state index in [1.165, 1.54) is 0 Å². The topological polar surface area (TPSA) is 56.0 Å². The number of hydrogen-bond acceptors (Lipinski definition) is 3. The molecule has 0 bridgehead atoms. The van der Waals surface area contributed by atoms with Crippen molar-refractivity contribution in [2.24, 2.45) is 0 Å². The zero-order valence-corrected chi connectivity index (χ0v) is 7.96. The molecule has 0 atom stereocenters. The van der Waals surface area contributed by atoms with Crippen LogP contribution in [0.15, 0.2) is 10.5 Å². The molecule has 0 aromatic carbocycles. The fourth-order valence-electron chi connectivity index (χ4n) is 0.742. The third-order valence-electron chi connectivity index (χ3n) is 1.32. The fraction of sp³-hybridized carbons (Fsp3) is 0.167. The average molecular weight is 271 g/mol. The zero-order valence-electron chi connectivity index (χ0n) is 6.38. The Balaban J connectivity index is 3.35. The lowest BCUT2D eigenvalue weighted by molar-refractivity contribution is -0.390. The molecule has 4 nitrogen and oxygen atoms in total. The second-order valence-electron chi connectivity index (χ2n) is 2.22. The van der Waals surface area contributed by atoms with Crippen molar-refractivity contribution < 1.29 is 18.1 Å². The SMILES string of the molecule is O=[N+]([O-])c1cc(F)c(Br)c(C(F)F)n1. The van der Waals surface area contributed by atoms with Crippen LogP contribution in [0, 0.1) is 15.9 Å². The Morgan fingerprint density at radius 3 is 2.57 bits per heavy atom. The minimum Gasteiger partial charge on any atom is -0.358 e. The molecule has 0 unspecified atom stereocenters. The number of alkyl halides is 2. The molecule has 0 fully saturated rings. The predicted molar refractivity (Wildman–Crippen MR) is 43.5 cm³/mol. The third-order valence-corrected chi connectivity index (χ3v) is 2.10. The van der Waals surface area contributed by atoms with Crippen molar-refractivity contribution in [3.8, 4) is 0 Å². The first kappa shape index (κ1) is 10.9. The van der Waals surface area contributed by atoms with Crippen molar-refractivity contribution in [3.05, 3.63) is 32.2 Å². The number of nitrogens with zero attached hydrogens (tertiary/aromatic N) is 2. The Morgan fingerprint density at radius 2 is 2.14 bits per heavy atom. The summed E-state index contributed by atoms with van der Waals surface area (Å²) in [6.07, 6.45) is -3.07. The Labute approximate surface area is 84.0 Å². The summed E-state index contributed by atoms with van der Waals surface area (Å²) < 4.78 is 36.6. The van der Waals surface area contributed by atoms with Gasteiger partial charge in [-0.2, -0.15) is 0 Å². The van der Waals surface area contributed by atoms with Crippen LogP contribution in [0.3, 0.4) is 0 Å². The highest BCUT2D eigenvalue weighted by molar-refractivity contribution is 9.10. The smallest absolute Gasteiger partial charge is 0.358 e. The van der Waals surface area contributed by atoms with E-state index in [-0.39, 0.29) is 0 Å². The number of nitro groups is 1. The Bertz CT molecular complexity index is 386. The molecule has 1 aromatic heterocycles. The van der Waals surface area contributed by atoms with E-state index in [1.807, 2.05) is 0 Å². The molecule has 1 heterocycles. The first-order valence-electron chi connectivity index (χ1n) is 3.22. The summed E-state index contributed by atoms with van der Waals surface area (Å²) in [5.74, 6) is -2.08. The normalized spacial score (nSPS) is 10.6. The molecule has 76 valence electrons. The van der Waals surface area contributed by atoms with Gasteiger partial charge in [-0.25, -0.2) is 13.2 Å². The van der Waals surface area contributed by atoms with E-state index in [4.69, 9.17) is 0 Å². The van der Waals surface area contributed by atoms with Crippen LogP contribution in [0.25, 0.3) is 0 Å². The number of halogens is 4. The highest BCUT2D eigenvalue weighted by Gasteiger charge is 2.25. The van der Waals surface area contributed by atoms with Crippen molar-refractivity contribution in [1.82, 2.24) is 4.98 Å². The van der Waals surface area contributed by atoms with E-state index in [2.05, 4.69) is 20.9 Å². The van der Waals surface area contributed by atoms with E-state index in [1.54, 1.807) is 0 Å². The van der Waals surface area contributed by atoms with Gasteiger partial charge in [-0.05, 0) is 25.8 Å². The van der Waals surface area contributed by atoms with Crippen molar-refractivity contribution in [1.29, 1.82) is 0 Å². The van der Waals surface area contributed by atoms with Gasteiger partial charge in [0.05, 0.1) is 6.07 Å². The summed E-state index contributed by atoms with van der Waals surface area (Å²) in [4.78, 5) is 12.1. The summed E-state index contributed by atoms with van der Waals surface area (Å²) in [6.45, 7) is 0. The van der Waals surface area contributed by atoms with Crippen LogP contribution in [-0.4, -0.2) is 9.91 Å². The number of pyridine rings is 1. The number of hydrogen-bond donors (Lipinski definition) is 0. The van der Waals surface area contributed by atoms with Gasteiger partial charge in [-0.3, -0.25) is 0 Å². The first-order valence-corrected chi connectivity index (χ1v) is 4.01. The van der Waals surface area contributed by atoms with Crippen LogP contribution in [-0.2, 0) is 0 Å². The number of aromatic nitrogens is 1. The van der Waals surface area contributed by atoms with Crippen LogP contribution in [0.4, 0.5) is 19.0 Å². The van der Waals surface area contributed by atoms with Crippen molar-refractivity contribution in [3.63, 3.8) is 0 Å². The molecular weight excluding hydrogens is 269 g/mol. The molecule has 0 amide bonds. The Hall–Kier alpha value is -1.18. The van der Waals surface area contributed by atoms with Gasteiger partial charge >= 0.3 is 12.2 Å². The molecule has 0 aliphatic rings. The van der Waals surface area contributed by atoms with Gasteiger partial charge in [0, 0.05) is 0 Å². The Kier molecular flexibility index (Phi) is 3.04. The molecular formula is C6H2BrF3N2O2. The molecule has 0 N–H and O–H groups in total. The fourth-order valence-corrected chi connectivity index (χ4v) is 1.12. The van der Waals surface area contributed by atoms with Gasteiger partial charge in [-0.1, -0.05) is 0 Å². The van der Waals surface area contributed by atoms with Gasteiger partial charge in [-0.15, -0.1) is 0 Å². The summed E-state index contributed by atoms with van der Waals surface area (Å²) >= 11 is 2.52. The van der Waals surface area contributed by atoms with Crippen LogP contribution >= 0.6 is 15.9 Å².